The maximum atomic E-state index is 12.6. The highest BCUT2D eigenvalue weighted by Crippen LogP contribution is 2.44. The number of ketones is 1. The average molecular weight is 450 g/mol. The summed E-state index contributed by atoms with van der Waals surface area (Å²) in [5.74, 6) is -4.06. The maximum absolute atomic E-state index is 12.6. The van der Waals surface area contributed by atoms with Crippen LogP contribution in [0.1, 0.15) is 36.3 Å². The van der Waals surface area contributed by atoms with Gasteiger partial charge in [0.05, 0.1) is 12.0 Å². The summed E-state index contributed by atoms with van der Waals surface area (Å²) in [6, 6.07) is 14.8. The SMILES string of the molecule is C=CC[C@H](NC(=O)OCC1c2ccccc2-c2ccccc21)C(=O)C[C@@H](CC(N)=O)C(=O)O. The van der Waals surface area contributed by atoms with E-state index in [9.17, 15) is 24.3 Å². The number of fused-ring (bicyclic) bond motifs is 3. The normalized spacial score (nSPS) is 13.8. The lowest BCUT2D eigenvalue weighted by Crippen LogP contribution is -2.42. The van der Waals surface area contributed by atoms with Gasteiger partial charge in [-0.05, 0) is 28.7 Å². The van der Waals surface area contributed by atoms with Crippen LogP contribution in [0.3, 0.4) is 0 Å². The molecule has 0 fully saturated rings. The van der Waals surface area contributed by atoms with Gasteiger partial charge >= 0.3 is 12.1 Å². The third-order valence-electron chi connectivity index (χ3n) is 5.67. The Labute approximate surface area is 191 Å². The zero-order chi connectivity index (χ0) is 24.0. The first-order valence-electron chi connectivity index (χ1n) is 10.6. The van der Waals surface area contributed by atoms with E-state index >= 15 is 0 Å². The number of nitrogens with one attached hydrogen (secondary N) is 1. The van der Waals surface area contributed by atoms with Gasteiger partial charge in [0.15, 0.2) is 5.78 Å². The topological polar surface area (TPSA) is 136 Å². The van der Waals surface area contributed by atoms with E-state index < -0.39 is 48.6 Å². The van der Waals surface area contributed by atoms with Gasteiger partial charge in [0.1, 0.15) is 6.61 Å². The summed E-state index contributed by atoms with van der Waals surface area (Å²) in [7, 11) is 0. The lowest BCUT2D eigenvalue weighted by molar-refractivity contribution is -0.145. The van der Waals surface area contributed by atoms with E-state index in [1.807, 2.05) is 48.5 Å². The van der Waals surface area contributed by atoms with Crippen LogP contribution in [-0.2, 0) is 19.1 Å². The molecule has 2 atom stereocenters. The lowest BCUT2D eigenvalue weighted by atomic mass is 9.94. The van der Waals surface area contributed by atoms with Gasteiger partial charge in [0, 0.05) is 18.8 Å². The van der Waals surface area contributed by atoms with Crippen molar-refractivity contribution in [3.8, 4) is 11.1 Å². The Balaban J connectivity index is 1.65. The second kappa shape index (κ2) is 10.6. The summed E-state index contributed by atoms with van der Waals surface area (Å²) in [5.41, 5.74) is 9.37. The Morgan fingerprint density at radius 1 is 1.03 bits per heavy atom. The number of amides is 2. The predicted octanol–water partition coefficient (Wildman–Crippen LogP) is 3.01. The highest BCUT2D eigenvalue weighted by molar-refractivity contribution is 5.92. The molecule has 33 heavy (non-hydrogen) atoms. The smallest absolute Gasteiger partial charge is 0.407 e. The number of hydrogen-bond acceptors (Lipinski definition) is 5. The lowest BCUT2D eigenvalue weighted by Gasteiger charge is -2.19. The molecule has 0 bridgehead atoms. The van der Waals surface area contributed by atoms with Crippen LogP contribution >= 0.6 is 0 Å². The number of primary amides is 1. The number of carbonyl (C=O) groups is 4. The fraction of sp³-hybridized carbons (Fsp3) is 0.280. The predicted molar refractivity (Wildman–Crippen MR) is 121 cm³/mol. The van der Waals surface area contributed by atoms with Gasteiger partial charge in [-0.1, -0.05) is 54.6 Å². The summed E-state index contributed by atoms with van der Waals surface area (Å²) in [6.07, 6.45) is -0.172. The first-order valence-corrected chi connectivity index (χ1v) is 10.6. The van der Waals surface area contributed by atoms with Gasteiger partial charge in [0.2, 0.25) is 5.91 Å². The molecule has 0 heterocycles. The third kappa shape index (κ3) is 5.65. The minimum absolute atomic E-state index is 0.0777. The monoisotopic (exact) mass is 450 g/mol. The summed E-state index contributed by atoms with van der Waals surface area (Å²) < 4.78 is 5.46. The standard InChI is InChI=1S/C25H26N2O6/c1-2-7-21(22(28)12-15(24(30)31)13-23(26)29)27-25(32)33-14-20-18-10-5-3-8-16(18)17-9-4-6-11-19(17)20/h2-6,8-11,15,20-21H,1,7,12-14H2,(H2,26,29)(H,27,32)(H,30,31)/t15-,21-/m0/s1. The average Bonchev–Trinajstić information content (AvgIpc) is 3.10. The highest BCUT2D eigenvalue weighted by atomic mass is 16.5. The van der Waals surface area contributed by atoms with Crippen molar-refractivity contribution < 1.29 is 29.0 Å². The molecule has 3 rings (SSSR count). The zero-order valence-electron chi connectivity index (χ0n) is 18.0. The molecule has 2 aromatic rings. The quantitative estimate of drug-likeness (QED) is 0.450. The molecule has 2 amide bonds. The molecule has 0 spiro atoms. The fourth-order valence-electron chi connectivity index (χ4n) is 4.09. The number of aliphatic carboxylic acids is 1. The number of Topliss-reactive ketones (excluding diaryl/α,β-unsaturated/α-hetero) is 1. The molecular formula is C25H26N2O6. The zero-order valence-corrected chi connectivity index (χ0v) is 18.0. The summed E-state index contributed by atoms with van der Waals surface area (Å²) >= 11 is 0. The van der Waals surface area contributed by atoms with Crippen molar-refractivity contribution in [3.05, 3.63) is 72.3 Å². The van der Waals surface area contributed by atoms with Gasteiger partial charge in [-0.3, -0.25) is 14.4 Å². The van der Waals surface area contributed by atoms with Crippen molar-refractivity contribution in [1.29, 1.82) is 0 Å². The Bertz CT molecular complexity index is 1030. The molecule has 0 aromatic heterocycles. The van der Waals surface area contributed by atoms with Crippen LogP contribution in [0.5, 0.6) is 0 Å². The molecule has 8 heteroatoms. The summed E-state index contributed by atoms with van der Waals surface area (Å²) in [5, 5.41) is 11.7. The summed E-state index contributed by atoms with van der Waals surface area (Å²) in [6.45, 7) is 3.65. The molecule has 172 valence electrons. The second-order valence-electron chi connectivity index (χ2n) is 7.92. The number of hydrogen-bond donors (Lipinski definition) is 3. The van der Waals surface area contributed by atoms with Crippen LogP contribution < -0.4 is 11.1 Å². The van der Waals surface area contributed by atoms with Crippen molar-refractivity contribution in [1.82, 2.24) is 5.32 Å². The molecule has 0 saturated heterocycles. The Hall–Kier alpha value is -3.94. The van der Waals surface area contributed by atoms with E-state index in [0.29, 0.717) is 0 Å². The molecular weight excluding hydrogens is 424 g/mol. The number of carbonyl (C=O) groups excluding carboxylic acids is 3. The number of carboxylic acid groups (broad SMARTS) is 1. The molecule has 0 aliphatic heterocycles. The van der Waals surface area contributed by atoms with Crippen LogP contribution in [0.25, 0.3) is 11.1 Å². The van der Waals surface area contributed by atoms with E-state index in [1.54, 1.807) is 0 Å². The molecule has 8 nitrogen and oxygen atoms in total. The largest absolute Gasteiger partial charge is 0.481 e. The van der Waals surface area contributed by atoms with Crippen molar-refractivity contribution >= 4 is 23.8 Å². The minimum atomic E-state index is -1.30. The Morgan fingerprint density at radius 3 is 2.12 bits per heavy atom. The van der Waals surface area contributed by atoms with E-state index in [1.165, 1.54) is 6.08 Å². The number of rotatable bonds is 11. The van der Waals surface area contributed by atoms with Gasteiger partial charge in [-0.25, -0.2) is 4.79 Å². The van der Waals surface area contributed by atoms with Crippen molar-refractivity contribution in [2.45, 2.75) is 31.2 Å². The highest BCUT2D eigenvalue weighted by Gasteiger charge is 2.31. The van der Waals surface area contributed by atoms with Crippen LogP contribution in [0.15, 0.2) is 61.2 Å². The molecule has 1 aliphatic carbocycles. The first-order chi connectivity index (χ1) is 15.8. The maximum Gasteiger partial charge on any atom is 0.407 e. The van der Waals surface area contributed by atoms with E-state index in [4.69, 9.17) is 10.5 Å². The van der Waals surface area contributed by atoms with Crippen LogP contribution in [-0.4, -0.2) is 41.5 Å². The van der Waals surface area contributed by atoms with Crippen LogP contribution in [0.4, 0.5) is 4.79 Å². The molecule has 0 saturated carbocycles. The Morgan fingerprint density at radius 2 is 1.61 bits per heavy atom. The number of nitrogens with two attached hydrogens (primary N) is 1. The molecule has 0 unspecified atom stereocenters. The van der Waals surface area contributed by atoms with Crippen molar-refractivity contribution in [2.24, 2.45) is 11.7 Å². The number of benzene rings is 2. The number of alkyl carbamates (subject to hydrolysis) is 1. The van der Waals surface area contributed by atoms with E-state index in [2.05, 4.69) is 11.9 Å². The molecule has 0 radical (unpaired) electrons. The van der Waals surface area contributed by atoms with E-state index in [-0.39, 0.29) is 18.9 Å². The molecule has 4 N–H and O–H groups in total. The van der Waals surface area contributed by atoms with Crippen molar-refractivity contribution in [3.63, 3.8) is 0 Å². The van der Waals surface area contributed by atoms with Gasteiger partial charge in [-0.2, -0.15) is 0 Å². The number of carboxylic acids is 1. The van der Waals surface area contributed by atoms with Crippen LogP contribution in [0, 0.1) is 5.92 Å². The first kappa shape index (κ1) is 23.7. The summed E-state index contributed by atoms with van der Waals surface area (Å²) in [4.78, 5) is 47.5. The Kier molecular flexibility index (Phi) is 7.61. The minimum Gasteiger partial charge on any atom is -0.481 e. The van der Waals surface area contributed by atoms with Crippen molar-refractivity contribution in [2.75, 3.05) is 6.61 Å². The van der Waals surface area contributed by atoms with E-state index in [0.717, 1.165) is 22.3 Å². The third-order valence-corrected chi connectivity index (χ3v) is 5.67. The molecule has 1 aliphatic rings. The van der Waals surface area contributed by atoms with Crippen LogP contribution in [0.2, 0.25) is 0 Å². The number of ether oxygens (including phenoxy) is 1. The second-order valence-corrected chi connectivity index (χ2v) is 7.92. The van der Waals surface area contributed by atoms with Gasteiger partial charge in [0.25, 0.3) is 0 Å². The molecule has 2 aromatic carbocycles. The van der Waals surface area contributed by atoms with Gasteiger partial charge in [-0.15, -0.1) is 6.58 Å². The fourth-order valence-corrected chi connectivity index (χ4v) is 4.09. The van der Waals surface area contributed by atoms with Gasteiger partial charge < -0.3 is 20.9 Å².